The van der Waals surface area contributed by atoms with Gasteiger partial charge in [0.2, 0.25) is 11.8 Å². The Morgan fingerprint density at radius 2 is 1.92 bits per heavy atom. The van der Waals surface area contributed by atoms with Gasteiger partial charge in [0.1, 0.15) is 11.5 Å². The Hall–Kier alpha value is -3.21. The van der Waals surface area contributed by atoms with E-state index in [-0.39, 0.29) is 53.2 Å². The van der Waals surface area contributed by atoms with Crippen LogP contribution in [-0.4, -0.2) is 43.7 Å². The Balaban J connectivity index is 1.41. The van der Waals surface area contributed by atoms with E-state index in [1.54, 1.807) is 31.8 Å². The number of methoxy groups -OCH3 is 1. The lowest BCUT2D eigenvalue weighted by Crippen LogP contribution is -2.55. The fraction of sp³-hybridized carbons (Fsp3) is 0.577. The smallest absolute Gasteiger partial charge is 0.281 e. The van der Waals surface area contributed by atoms with Crippen molar-refractivity contribution < 1.29 is 18.3 Å². The molecule has 2 atom stereocenters. The maximum atomic E-state index is 13.9. The van der Waals surface area contributed by atoms with Gasteiger partial charge in [0.15, 0.2) is 11.2 Å². The van der Waals surface area contributed by atoms with Gasteiger partial charge in [0.05, 0.1) is 13.2 Å². The van der Waals surface area contributed by atoms with Crippen LogP contribution in [0.2, 0.25) is 0 Å². The van der Waals surface area contributed by atoms with Gasteiger partial charge in [-0.15, -0.1) is 0 Å². The number of nitrogens with zero attached hydrogens (tertiary/aromatic N) is 5. The molecule has 0 amide bonds. The fourth-order valence-corrected chi connectivity index (χ4v) is 6.41. The van der Waals surface area contributed by atoms with Crippen molar-refractivity contribution in [2.45, 2.75) is 69.4 Å². The summed E-state index contributed by atoms with van der Waals surface area (Å²) >= 11 is 0. The largest absolute Gasteiger partial charge is 0.481 e. The summed E-state index contributed by atoms with van der Waals surface area (Å²) < 4.78 is 41.5. The first kappa shape index (κ1) is 24.1. The summed E-state index contributed by atoms with van der Waals surface area (Å²) in [6.07, 6.45) is 3.10. The molecule has 2 aliphatic carbocycles. The summed E-state index contributed by atoms with van der Waals surface area (Å²) in [6.45, 7) is 2.12. The Kier molecular flexibility index (Phi) is 5.48. The first-order chi connectivity index (χ1) is 17.6. The third-order valence-corrected chi connectivity index (χ3v) is 8.35. The van der Waals surface area contributed by atoms with Gasteiger partial charge in [0.25, 0.3) is 11.1 Å². The molecule has 1 aliphatic heterocycles. The summed E-state index contributed by atoms with van der Waals surface area (Å²) in [7, 11) is 3.17. The second-order valence-electron chi connectivity index (χ2n) is 10.9. The maximum absolute atomic E-state index is 13.9. The normalized spacial score (nSPS) is 24.6. The van der Waals surface area contributed by atoms with Crippen LogP contribution < -0.4 is 15.9 Å². The molecule has 2 saturated carbocycles. The summed E-state index contributed by atoms with van der Waals surface area (Å²) in [4.78, 5) is 40.5. The van der Waals surface area contributed by atoms with E-state index in [0.29, 0.717) is 49.7 Å². The van der Waals surface area contributed by atoms with E-state index < -0.39 is 11.3 Å². The minimum absolute atomic E-state index is 0.135. The predicted octanol–water partition coefficient (Wildman–Crippen LogP) is 3.59. The second kappa shape index (κ2) is 8.41. The van der Waals surface area contributed by atoms with E-state index in [9.17, 15) is 18.4 Å². The zero-order valence-corrected chi connectivity index (χ0v) is 21.0. The Bertz CT molecular complexity index is 1500. The molecule has 3 fully saturated rings. The standard InChI is InChI=1S/C26H29F2N5O4/c1-14-30-22-21(23(34)32(14)2)31-20(24(35)33(22)17-10-25(11-17)12-26(27,28)13-25)16-5-7-37-18(8-16)15-4-6-29-19(9-15)36-3/h4,6,9,16-18H,5,7-8,10-13H2,1-3H3/t16-,18+/m0/s1. The van der Waals surface area contributed by atoms with Crippen LogP contribution in [0.25, 0.3) is 11.2 Å². The van der Waals surface area contributed by atoms with Crippen molar-refractivity contribution in [2.75, 3.05) is 13.7 Å². The van der Waals surface area contributed by atoms with Crippen LogP contribution in [0.15, 0.2) is 27.9 Å². The summed E-state index contributed by atoms with van der Waals surface area (Å²) in [5.41, 5.74) is 0.518. The molecule has 4 heterocycles. The van der Waals surface area contributed by atoms with E-state index >= 15 is 0 Å². The summed E-state index contributed by atoms with van der Waals surface area (Å²) in [5, 5.41) is 0. The predicted molar refractivity (Wildman–Crippen MR) is 130 cm³/mol. The highest BCUT2D eigenvalue weighted by atomic mass is 19.3. The highest BCUT2D eigenvalue weighted by Gasteiger charge is 2.62. The van der Waals surface area contributed by atoms with E-state index in [1.807, 2.05) is 12.1 Å². The van der Waals surface area contributed by atoms with Crippen LogP contribution in [-0.2, 0) is 11.8 Å². The van der Waals surface area contributed by atoms with Crippen LogP contribution in [0.1, 0.15) is 73.7 Å². The number of aromatic nitrogens is 5. The Morgan fingerprint density at radius 1 is 1.16 bits per heavy atom. The molecule has 3 aromatic rings. The van der Waals surface area contributed by atoms with Crippen LogP contribution in [0.3, 0.4) is 0 Å². The van der Waals surface area contributed by atoms with E-state index in [0.717, 1.165) is 5.56 Å². The van der Waals surface area contributed by atoms with Crippen molar-refractivity contribution in [3.8, 4) is 5.88 Å². The lowest BCUT2D eigenvalue weighted by Gasteiger charge is -2.57. The highest BCUT2D eigenvalue weighted by Crippen LogP contribution is 2.65. The summed E-state index contributed by atoms with van der Waals surface area (Å²) in [6, 6.07) is 3.38. The van der Waals surface area contributed by atoms with Crippen LogP contribution >= 0.6 is 0 Å². The second-order valence-corrected chi connectivity index (χ2v) is 10.9. The monoisotopic (exact) mass is 513 g/mol. The zero-order valence-electron chi connectivity index (χ0n) is 21.0. The van der Waals surface area contributed by atoms with Crippen molar-refractivity contribution in [1.29, 1.82) is 0 Å². The number of hydrogen-bond acceptors (Lipinski definition) is 7. The Morgan fingerprint density at radius 3 is 2.62 bits per heavy atom. The quantitative estimate of drug-likeness (QED) is 0.526. The number of alkyl halides is 2. The highest BCUT2D eigenvalue weighted by molar-refractivity contribution is 5.69. The lowest BCUT2D eigenvalue weighted by atomic mass is 9.52. The Labute approximate surface area is 211 Å². The van der Waals surface area contributed by atoms with Gasteiger partial charge in [-0.05, 0) is 49.7 Å². The minimum Gasteiger partial charge on any atom is -0.481 e. The van der Waals surface area contributed by atoms with E-state index in [4.69, 9.17) is 9.47 Å². The molecule has 6 rings (SSSR count). The van der Waals surface area contributed by atoms with Gasteiger partial charge < -0.3 is 9.47 Å². The van der Waals surface area contributed by atoms with Gasteiger partial charge in [-0.1, -0.05) is 0 Å². The van der Waals surface area contributed by atoms with Gasteiger partial charge in [0, 0.05) is 50.7 Å². The number of hydrogen-bond donors (Lipinski definition) is 0. The van der Waals surface area contributed by atoms with E-state index in [1.165, 1.54) is 4.57 Å². The van der Waals surface area contributed by atoms with Gasteiger partial charge in [-0.3, -0.25) is 18.7 Å². The van der Waals surface area contributed by atoms with Crippen molar-refractivity contribution in [1.82, 2.24) is 24.1 Å². The van der Waals surface area contributed by atoms with Crippen LogP contribution in [0, 0.1) is 12.3 Å². The number of ether oxygens (including phenoxy) is 2. The molecular formula is C26H29F2N5O4. The zero-order chi connectivity index (χ0) is 26.1. The number of fused-ring (bicyclic) bond motifs is 1. The topological polar surface area (TPSA) is 101 Å². The molecule has 196 valence electrons. The molecule has 0 radical (unpaired) electrons. The fourth-order valence-electron chi connectivity index (χ4n) is 6.41. The molecule has 3 aliphatic rings. The van der Waals surface area contributed by atoms with Crippen molar-refractivity contribution in [3.63, 3.8) is 0 Å². The average Bonchev–Trinajstić information content (AvgIpc) is 2.84. The molecule has 0 bridgehead atoms. The molecule has 1 saturated heterocycles. The number of pyridine rings is 1. The van der Waals surface area contributed by atoms with Crippen molar-refractivity contribution in [2.24, 2.45) is 12.5 Å². The molecule has 0 N–H and O–H groups in total. The van der Waals surface area contributed by atoms with Crippen molar-refractivity contribution >= 4 is 11.2 Å². The molecule has 1 spiro atoms. The van der Waals surface area contributed by atoms with Crippen LogP contribution in [0.5, 0.6) is 5.88 Å². The molecule has 3 aromatic heterocycles. The van der Waals surface area contributed by atoms with Gasteiger partial charge >= 0.3 is 0 Å². The molecular weight excluding hydrogens is 484 g/mol. The third kappa shape index (κ3) is 3.94. The van der Waals surface area contributed by atoms with Crippen molar-refractivity contribution in [3.05, 3.63) is 56.1 Å². The summed E-state index contributed by atoms with van der Waals surface area (Å²) in [5.74, 6) is -1.94. The molecule has 37 heavy (non-hydrogen) atoms. The molecule has 0 aromatic carbocycles. The number of rotatable bonds is 4. The van der Waals surface area contributed by atoms with Gasteiger partial charge in [-0.2, -0.15) is 0 Å². The minimum atomic E-state index is -2.63. The third-order valence-electron chi connectivity index (χ3n) is 8.35. The SMILES string of the molecule is COc1cc([C@H]2C[C@@H](c3nc4c(=O)n(C)c(C)nc4n(C4CC5(C4)CC(F)(F)C5)c3=O)CCO2)ccn1. The van der Waals surface area contributed by atoms with Crippen LogP contribution in [0.4, 0.5) is 8.78 Å². The number of halogens is 2. The van der Waals surface area contributed by atoms with Gasteiger partial charge in [-0.25, -0.2) is 23.7 Å². The van der Waals surface area contributed by atoms with E-state index in [2.05, 4.69) is 15.0 Å². The lowest BCUT2D eigenvalue weighted by molar-refractivity contribution is -0.203. The maximum Gasteiger partial charge on any atom is 0.281 e. The average molecular weight is 514 g/mol. The molecule has 0 unspecified atom stereocenters. The first-order valence-electron chi connectivity index (χ1n) is 12.6. The first-order valence-corrected chi connectivity index (χ1v) is 12.6. The molecule has 11 heteroatoms. The molecule has 9 nitrogen and oxygen atoms in total. The number of aryl methyl sites for hydroxylation is 1.